The minimum atomic E-state index is -0.371. The number of fused-ring (bicyclic) bond motifs is 1. The fourth-order valence-electron chi connectivity index (χ4n) is 2.02. The van der Waals surface area contributed by atoms with Crippen molar-refractivity contribution >= 4 is 15.9 Å². The largest absolute Gasteiger partial charge is 0.386 e. The first kappa shape index (κ1) is 9.69. The third-order valence-corrected chi connectivity index (χ3v) is 4.53. The van der Waals surface area contributed by atoms with Gasteiger partial charge in [-0.25, -0.2) is 0 Å². The van der Waals surface area contributed by atoms with Crippen LogP contribution in [0, 0.1) is 5.41 Å². The topological polar surface area (TPSA) is 29.5 Å². The number of hydrogen-bond donors (Lipinski definition) is 1. The van der Waals surface area contributed by atoms with E-state index in [9.17, 15) is 5.11 Å². The minimum Gasteiger partial charge on any atom is -0.386 e. The van der Waals surface area contributed by atoms with Crippen molar-refractivity contribution in [2.75, 3.05) is 6.61 Å². The lowest BCUT2D eigenvalue weighted by atomic mass is 9.78. The second-order valence-electron chi connectivity index (χ2n) is 4.51. The zero-order chi connectivity index (χ0) is 9.64. The van der Waals surface area contributed by atoms with Gasteiger partial charge in [-0.15, -0.1) is 0 Å². The SMILES string of the molecule is CC1(C)C=C2C(O)COC2CC1Br. The molecule has 0 amide bonds. The molecule has 0 saturated carbocycles. The van der Waals surface area contributed by atoms with Crippen LogP contribution in [0.15, 0.2) is 11.6 Å². The molecule has 2 rings (SSSR count). The van der Waals surface area contributed by atoms with Crippen molar-refractivity contribution in [3.63, 3.8) is 0 Å². The molecule has 0 radical (unpaired) electrons. The average molecular weight is 247 g/mol. The Morgan fingerprint density at radius 1 is 1.62 bits per heavy atom. The van der Waals surface area contributed by atoms with Crippen molar-refractivity contribution in [2.24, 2.45) is 5.41 Å². The van der Waals surface area contributed by atoms with Gasteiger partial charge in [0.15, 0.2) is 0 Å². The molecule has 1 aliphatic heterocycles. The lowest BCUT2D eigenvalue weighted by molar-refractivity contribution is 0.0810. The van der Waals surface area contributed by atoms with Gasteiger partial charge < -0.3 is 9.84 Å². The van der Waals surface area contributed by atoms with Crippen LogP contribution in [0.2, 0.25) is 0 Å². The van der Waals surface area contributed by atoms with E-state index in [-0.39, 0.29) is 17.6 Å². The van der Waals surface area contributed by atoms with Crippen molar-refractivity contribution in [1.82, 2.24) is 0 Å². The summed E-state index contributed by atoms with van der Waals surface area (Å²) in [5, 5.41) is 9.63. The fourth-order valence-corrected chi connectivity index (χ4v) is 2.49. The molecule has 1 N–H and O–H groups in total. The molecule has 0 aromatic heterocycles. The lowest BCUT2D eigenvalue weighted by Crippen LogP contribution is -2.33. The van der Waals surface area contributed by atoms with Gasteiger partial charge in [0, 0.05) is 4.83 Å². The highest BCUT2D eigenvalue weighted by molar-refractivity contribution is 9.09. The van der Waals surface area contributed by atoms with Crippen LogP contribution in [0.1, 0.15) is 20.3 Å². The van der Waals surface area contributed by atoms with Crippen molar-refractivity contribution < 1.29 is 9.84 Å². The quantitative estimate of drug-likeness (QED) is 0.523. The van der Waals surface area contributed by atoms with E-state index >= 15 is 0 Å². The zero-order valence-electron chi connectivity index (χ0n) is 7.96. The van der Waals surface area contributed by atoms with E-state index in [4.69, 9.17) is 4.74 Å². The molecule has 1 fully saturated rings. The number of allylic oxidation sites excluding steroid dienone is 1. The summed E-state index contributed by atoms with van der Waals surface area (Å²) < 4.78 is 5.48. The van der Waals surface area contributed by atoms with Crippen molar-refractivity contribution in [1.29, 1.82) is 0 Å². The van der Waals surface area contributed by atoms with E-state index in [1.807, 2.05) is 0 Å². The Labute approximate surface area is 87.1 Å². The normalized spacial score (nSPS) is 42.8. The van der Waals surface area contributed by atoms with Gasteiger partial charge in [0.2, 0.25) is 0 Å². The van der Waals surface area contributed by atoms with Gasteiger partial charge in [0.25, 0.3) is 0 Å². The molecular weight excluding hydrogens is 232 g/mol. The predicted octanol–water partition coefficient (Wildman–Crippen LogP) is 1.87. The van der Waals surface area contributed by atoms with E-state index in [1.54, 1.807) is 0 Å². The van der Waals surface area contributed by atoms with Crippen molar-refractivity contribution in [2.45, 2.75) is 37.3 Å². The summed E-state index contributed by atoms with van der Waals surface area (Å²) in [4.78, 5) is 0.444. The summed E-state index contributed by atoms with van der Waals surface area (Å²) in [6.07, 6.45) is 2.91. The summed E-state index contributed by atoms with van der Waals surface area (Å²) in [5.41, 5.74) is 1.21. The van der Waals surface area contributed by atoms with Crippen molar-refractivity contribution in [3.8, 4) is 0 Å². The predicted molar refractivity (Wildman–Crippen MR) is 54.9 cm³/mol. The Morgan fingerprint density at radius 3 is 3.00 bits per heavy atom. The molecule has 2 aliphatic rings. The molecule has 0 aromatic rings. The Kier molecular flexibility index (Phi) is 2.29. The highest BCUT2D eigenvalue weighted by Crippen LogP contribution is 2.42. The van der Waals surface area contributed by atoms with Crippen LogP contribution in [-0.4, -0.2) is 28.7 Å². The molecule has 0 bridgehead atoms. The lowest BCUT2D eigenvalue weighted by Gasteiger charge is -2.35. The van der Waals surface area contributed by atoms with Gasteiger partial charge in [-0.2, -0.15) is 0 Å². The highest BCUT2D eigenvalue weighted by Gasteiger charge is 2.40. The van der Waals surface area contributed by atoms with Crippen LogP contribution >= 0.6 is 15.9 Å². The summed E-state index contributed by atoms with van der Waals surface area (Å²) >= 11 is 3.66. The number of ether oxygens (including phenoxy) is 1. The van der Waals surface area contributed by atoms with Gasteiger partial charge in [-0.3, -0.25) is 0 Å². The van der Waals surface area contributed by atoms with Gasteiger partial charge >= 0.3 is 0 Å². The Balaban J connectivity index is 2.31. The zero-order valence-corrected chi connectivity index (χ0v) is 9.54. The third-order valence-electron chi connectivity index (χ3n) is 2.98. The van der Waals surface area contributed by atoms with E-state index in [0.717, 1.165) is 12.0 Å². The van der Waals surface area contributed by atoms with Gasteiger partial charge in [0.1, 0.15) is 6.10 Å². The van der Waals surface area contributed by atoms with Crippen LogP contribution in [0.5, 0.6) is 0 Å². The maximum atomic E-state index is 9.63. The first-order valence-corrected chi connectivity index (χ1v) is 5.58. The first-order chi connectivity index (χ1) is 6.00. The third kappa shape index (κ3) is 1.58. The molecule has 3 atom stereocenters. The number of aliphatic hydroxyl groups is 1. The standard InChI is InChI=1S/C10H15BrO2/c1-10(2)4-6-7(12)5-13-8(6)3-9(10)11/h4,7-9,12H,3,5H2,1-2H3. The van der Waals surface area contributed by atoms with Crippen LogP contribution in [0.25, 0.3) is 0 Å². The molecule has 0 spiro atoms. The number of hydrogen-bond acceptors (Lipinski definition) is 2. The highest BCUT2D eigenvalue weighted by atomic mass is 79.9. The summed E-state index contributed by atoms with van der Waals surface area (Å²) in [5.74, 6) is 0. The summed E-state index contributed by atoms with van der Waals surface area (Å²) in [6.45, 7) is 4.83. The average Bonchev–Trinajstić information content (AvgIpc) is 2.34. The first-order valence-electron chi connectivity index (χ1n) is 4.67. The monoisotopic (exact) mass is 246 g/mol. The molecule has 2 nitrogen and oxygen atoms in total. The second-order valence-corrected chi connectivity index (χ2v) is 5.61. The Bertz CT molecular complexity index is 247. The molecule has 1 heterocycles. The molecule has 3 heteroatoms. The Hall–Kier alpha value is 0.140. The molecule has 13 heavy (non-hydrogen) atoms. The maximum Gasteiger partial charge on any atom is 0.101 e. The van der Waals surface area contributed by atoms with Crippen LogP contribution in [-0.2, 0) is 4.74 Å². The Morgan fingerprint density at radius 2 is 2.31 bits per heavy atom. The van der Waals surface area contributed by atoms with Gasteiger partial charge in [0.05, 0.1) is 12.7 Å². The maximum absolute atomic E-state index is 9.63. The summed E-state index contributed by atoms with van der Waals surface area (Å²) in [6, 6.07) is 0. The minimum absolute atomic E-state index is 0.126. The number of aliphatic hydroxyl groups excluding tert-OH is 1. The van der Waals surface area contributed by atoms with Gasteiger partial charge in [-0.05, 0) is 17.4 Å². The second kappa shape index (κ2) is 3.07. The number of rotatable bonds is 0. The van der Waals surface area contributed by atoms with E-state index in [2.05, 4.69) is 35.9 Å². The van der Waals surface area contributed by atoms with Crippen LogP contribution in [0.3, 0.4) is 0 Å². The van der Waals surface area contributed by atoms with E-state index in [1.165, 1.54) is 0 Å². The molecular formula is C10H15BrO2. The smallest absolute Gasteiger partial charge is 0.101 e. The molecule has 3 unspecified atom stereocenters. The molecule has 74 valence electrons. The van der Waals surface area contributed by atoms with Crippen molar-refractivity contribution in [3.05, 3.63) is 11.6 Å². The number of alkyl halides is 1. The number of halogens is 1. The molecule has 1 saturated heterocycles. The summed E-state index contributed by atoms with van der Waals surface area (Å²) in [7, 11) is 0. The molecule has 1 aliphatic carbocycles. The van der Waals surface area contributed by atoms with E-state index in [0.29, 0.717) is 11.4 Å². The van der Waals surface area contributed by atoms with E-state index < -0.39 is 0 Å². The molecule has 0 aromatic carbocycles. The fraction of sp³-hybridized carbons (Fsp3) is 0.800. The van der Waals surface area contributed by atoms with Crippen LogP contribution in [0.4, 0.5) is 0 Å². The van der Waals surface area contributed by atoms with Gasteiger partial charge in [-0.1, -0.05) is 35.9 Å². The van der Waals surface area contributed by atoms with Crippen LogP contribution < -0.4 is 0 Å².